The Kier molecular flexibility index (Phi) is 5.54. The Hall–Kier alpha value is -3.42. The van der Waals surface area contributed by atoms with E-state index in [-0.39, 0.29) is 41.6 Å². The minimum atomic E-state index is -0.733. The zero-order chi connectivity index (χ0) is 21.3. The number of ketones is 1. The molecule has 0 bridgehead atoms. The van der Waals surface area contributed by atoms with Crippen LogP contribution in [0.1, 0.15) is 57.1 Å². The molecule has 0 radical (unpaired) electrons. The van der Waals surface area contributed by atoms with Crippen LogP contribution in [0.3, 0.4) is 0 Å². The summed E-state index contributed by atoms with van der Waals surface area (Å²) in [6.07, 6.45) is -0.0904. The third-order valence-corrected chi connectivity index (χ3v) is 4.66. The van der Waals surface area contributed by atoms with Crippen LogP contribution in [0.5, 0.6) is 0 Å². The van der Waals surface area contributed by atoms with Crippen molar-refractivity contribution in [3.05, 3.63) is 45.8 Å². The zero-order valence-electron chi connectivity index (χ0n) is 17.0. The number of Topliss-reactive ketones (excluding diaryl/α,β-unsaturated/α-hetero) is 1. The molecule has 0 spiro atoms. The monoisotopic (exact) mass is 398 g/mol. The number of carbonyl (C=O) groups is 3. The molecule has 0 atom stereocenters. The number of amides is 1. The summed E-state index contributed by atoms with van der Waals surface area (Å²) in [5.74, 6) is -1.44. The lowest BCUT2D eigenvalue weighted by atomic mass is 10.1. The van der Waals surface area contributed by atoms with Crippen LogP contribution in [0.4, 0.5) is 5.88 Å². The van der Waals surface area contributed by atoms with Crippen molar-refractivity contribution in [2.45, 2.75) is 41.0 Å². The first-order chi connectivity index (χ1) is 13.7. The van der Waals surface area contributed by atoms with E-state index in [1.165, 1.54) is 6.92 Å². The number of rotatable bonds is 6. The van der Waals surface area contributed by atoms with Gasteiger partial charge in [0.1, 0.15) is 17.0 Å². The lowest BCUT2D eigenvalue weighted by molar-refractivity contribution is -0.115. The molecule has 0 saturated heterocycles. The van der Waals surface area contributed by atoms with Gasteiger partial charge >= 0.3 is 5.97 Å². The van der Waals surface area contributed by atoms with Crippen molar-refractivity contribution in [3.63, 3.8) is 0 Å². The fraction of sp³-hybridized carbons (Fsp3) is 0.333. The third kappa shape index (κ3) is 3.91. The summed E-state index contributed by atoms with van der Waals surface area (Å²) >= 11 is 0. The highest BCUT2D eigenvalue weighted by atomic mass is 16.5. The molecule has 29 heavy (non-hydrogen) atoms. The van der Waals surface area contributed by atoms with Crippen molar-refractivity contribution in [3.8, 4) is 0 Å². The first-order valence-electron chi connectivity index (χ1n) is 9.19. The van der Waals surface area contributed by atoms with Crippen LogP contribution in [0, 0.1) is 20.8 Å². The summed E-state index contributed by atoms with van der Waals surface area (Å²) in [7, 11) is 0. The molecule has 0 aliphatic carbocycles. The lowest BCUT2D eigenvalue weighted by Gasteiger charge is -2.05. The fourth-order valence-corrected chi connectivity index (χ4v) is 3.15. The summed E-state index contributed by atoms with van der Waals surface area (Å²) in [6.45, 7) is 8.56. The molecule has 0 saturated carbocycles. The molecule has 152 valence electrons. The molecular weight excluding hydrogens is 376 g/mol. The molecule has 3 rings (SSSR count). The predicted molar refractivity (Wildman–Crippen MR) is 105 cm³/mol. The molecule has 1 aromatic carbocycles. The van der Waals surface area contributed by atoms with Gasteiger partial charge in [0.15, 0.2) is 11.4 Å². The molecule has 1 N–H and O–H groups in total. The Balaban J connectivity index is 1.90. The van der Waals surface area contributed by atoms with Gasteiger partial charge in [0.05, 0.1) is 18.6 Å². The molecule has 3 aromatic rings. The molecule has 8 nitrogen and oxygen atoms in total. The highest BCUT2D eigenvalue weighted by Crippen LogP contribution is 2.29. The van der Waals surface area contributed by atoms with E-state index in [2.05, 4.69) is 10.5 Å². The van der Waals surface area contributed by atoms with Crippen molar-refractivity contribution in [1.29, 1.82) is 0 Å². The number of nitrogens with zero attached hydrogens (tertiary/aromatic N) is 1. The molecule has 0 aliphatic heterocycles. The number of carbonyl (C=O) groups excluding carboxylic acids is 3. The highest BCUT2D eigenvalue weighted by molar-refractivity contribution is 6.10. The fourth-order valence-electron chi connectivity index (χ4n) is 3.15. The van der Waals surface area contributed by atoms with E-state index in [0.29, 0.717) is 11.3 Å². The van der Waals surface area contributed by atoms with E-state index in [1.807, 2.05) is 26.0 Å². The maximum Gasteiger partial charge on any atom is 0.344 e. The Bertz CT molecular complexity index is 1120. The van der Waals surface area contributed by atoms with Crippen molar-refractivity contribution in [2.24, 2.45) is 0 Å². The van der Waals surface area contributed by atoms with Crippen LogP contribution in [-0.2, 0) is 16.0 Å². The summed E-state index contributed by atoms with van der Waals surface area (Å²) in [6, 6.07) is 3.78. The molecule has 2 heterocycles. The van der Waals surface area contributed by atoms with E-state index in [9.17, 15) is 14.4 Å². The van der Waals surface area contributed by atoms with Gasteiger partial charge in [0, 0.05) is 5.39 Å². The highest BCUT2D eigenvalue weighted by Gasteiger charge is 2.29. The van der Waals surface area contributed by atoms with Gasteiger partial charge in [0.25, 0.3) is 0 Å². The van der Waals surface area contributed by atoms with Gasteiger partial charge in [-0.1, -0.05) is 5.16 Å². The van der Waals surface area contributed by atoms with E-state index in [0.717, 1.165) is 16.5 Å². The van der Waals surface area contributed by atoms with Gasteiger partial charge in [-0.15, -0.1) is 0 Å². The minimum absolute atomic E-state index is 0.0818. The van der Waals surface area contributed by atoms with E-state index >= 15 is 0 Å². The molecule has 2 aromatic heterocycles. The van der Waals surface area contributed by atoms with Crippen LogP contribution in [-0.4, -0.2) is 29.4 Å². The number of hydrogen-bond donors (Lipinski definition) is 1. The van der Waals surface area contributed by atoms with Gasteiger partial charge in [-0.05, 0) is 57.9 Å². The Labute approximate surface area is 167 Å². The molecule has 1 amide bonds. The standard InChI is InChI=1S/C21H22N2O6/c1-6-27-21(26)19-18(12(4)24)13(5)28-20(19)22-17(25)9-15-14-7-10(2)11(3)8-16(14)29-23-15/h7-8H,6,9H2,1-5H3,(H,22,25). The summed E-state index contributed by atoms with van der Waals surface area (Å²) in [5.41, 5.74) is 3.19. The van der Waals surface area contributed by atoms with Crippen molar-refractivity contribution in [1.82, 2.24) is 5.16 Å². The predicted octanol–water partition coefficient (Wildman–Crippen LogP) is 3.91. The third-order valence-electron chi connectivity index (χ3n) is 4.66. The Morgan fingerprint density at radius 2 is 1.79 bits per heavy atom. The number of aromatic nitrogens is 1. The van der Waals surface area contributed by atoms with Gasteiger partial charge in [-0.2, -0.15) is 0 Å². The second kappa shape index (κ2) is 7.90. The van der Waals surface area contributed by atoms with E-state index in [1.54, 1.807) is 13.8 Å². The van der Waals surface area contributed by atoms with Crippen LogP contribution >= 0.6 is 0 Å². The number of fused-ring (bicyclic) bond motifs is 1. The Morgan fingerprint density at radius 3 is 2.45 bits per heavy atom. The van der Waals surface area contributed by atoms with Crippen LogP contribution < -0.4 is 5.32 Å². The number of ether oxygens (including phenoxy) is 1. The minimum Gasteiger partial charge on any atom is -0.462 e. The van der Waals surface area contributed by atoms with Crippen molar-refractivity contribution < 1.29 is 28.1 Å². The first-order valence-corrected chi connectivity index (χ1v) is 9.19. The average Bonchev–Trinajstić information content (AvgIpc) is 3.16. The summed E-state index contributed by atoms with van der Waals surface area (Å²) < 4.78 is 15.8. The molecule has 8 heteroatoms. The van der Waals surface area contributed by atoms with Crippen LogP contribution in [0.25, 0.3) is 11.0 Å². The van der Waals surface area contributed by atoms with E-state index in [4.69, 9.17) is 13.7 Å². The first kappa shape index (κ1) is 20.3. The second-order valence-electron chi connectivity index (χ2n) is 6.80. The Morgan fingerprint density at radius 1 is 1.10 bits per heavy atom. The summed E-state index contributed by atoms with van der Waals surface area (Å²) in [4.78, 5) is 36.9. The molecule has 0 fully saturated rings. The smallest absolute Gasteiger partial charge is 0.344 e. The SMILES string of the molecule is CCOC(=O)c1c(NC(=O)Cc2noc3cc(C)c(C)cc23)oc(C)c1C(C)=O. The topological polar surface area (TPSA) is 112 Å². The zero-order valence-corrected chi connectivity index (χ0v) is 17.0. The van der Waals surface area contributed by atoms with Gasteiger partial charge in [-0.3, -0.25) is 14.9 Å². The van der Waals surface area contributed by atoms with Crippen LogP contribution in [0.15, 0.2) is 21.1 Å². The number of hydrogen-bond acceptors (Lipinski definition) is 7. The molecule has 0 aliphatic rings. The van der Waals surface area contributed by atoms with Crippen LogP contribution in [0.2, 0.25) is 0 Å². The largest absolute Gasteiger partial charge is 0.462 e. The number of esters is 1. The second-order valence-corrected chi connectivity index (χ2v) is 6.80. The van der Waals surface area contributed by atoms with Gasteiger partial charge in [0.2, 0.25) is 11.8 Å². The number of nitrogens with one attached hydrogen (secondary N) is 1. The normalized spacial score (nSPS) is 10.9. The maximum absolute atomic E-state index is 12.6. The van der Waals surface area contributed by atoms with Crippen molar-refractivity contribution >= 4 is 34.5 Å². The lowest BCUT2D eigenvalue weighted by Crippen LogP contribution is -2.18. The number of furan rings is 1. The average molecular weight is 398 g/mol. The van der Waals surface area contributed by atoms with Gasteiger partial charge < -0.3 is 13.7 Å². The number of benzene rings is 1. The number of anilines is 1. The summed E-state index contributed by atoms with van der Waals surface area (Å²) in [5, 5.41) is 7.28. The number of aryl methyl sites for hydroxylation is 3. The molecule has 0 unspecified atom stereocenters. The van der Waals surface area contributed by atoms with Gasteiger partial charge in [-0.25, -0.2) is 4.79 Å². The molecular formula is C21H22N2O6. The quantitative estimate of drug-likeness (QED) is 0.495. The van der Waals surface area contributed by atoms with E-state index < -0.39 is 11.9 Å². The maximum atomic E-state index is 12.6. The van der Waals surface area contributed by atoms with Crippen molar-refractivity contribution in [2.75, 3.05) is 11.9 Å².